The Morgan fingerprint density at radius 1 is 1.38 bits per heavy atom. The molecular weight excluding hydrogens is 220 g/mol. The topological polar surface area (TPSA) is 17.0 Å². The molecule has 0 amide bonds. The number of halogens is 1. The number of hydrogen-bond acceptors (Lipinski definition) is 1. The summed E-state index contributed by atoms with van der Waals surface area (Å²) in [6.45, 7) is 4.32. The highest BCUT2D eigenvalue weighted by Gasteiger charge is 2.17. The maximum Gasteiger partial charge on any atom is 0.0672 e. The molecule has 1 heterocycles. The molecule has 1 aromatic heterocycles. The average molecular weight is 237 g/mol. The molecule has 2 rings (SSSR count). The van der Waals surface area contributed by atoms with E-state index in [1.807, 2.05) is 19.2 Å². The van der Waals surface area contributed by atoms with E-state index in [4.69, 9.17) is 11.6 Å². The smallest absolute Gasteiger partial charge is 0.0672 e. The molecule has 0 aliphatic rings. The second kappa shape index (κ2) is 4.11. The molecule has 1 aromatic carbocycles. The lowest BCUT2D eigenvalue weighted by molar-refractivity contribution is 0.606. The average Bonchev–Trinajstić information content (AvgIpc) is 2.52. The van der Waals surface area contributed by atoms with Gasteiger partial charge in [-0.2, -0.15) is 0 Å². The highest BCUT2D eigenvalue weighted by Crippen LogP contribution is 2.32. The van der Waals surface area contributed by atoms with E-state index in [2.05, 4.69) is 36.8 Å². The first-order chi connectivity index (χ1) is 7.57. The minimum absolute atomic E-state index is 0.327. The first kappa shape index (κ1) is 11.5. The molecule has 1 atom stereocenters. The van der Waals surface area contributed by atoms with Crippen LogP contribution in [0.5, 0.6) is 0 Å². The van der Waals surface area contributed by atoms with Crippen LogP contribution in [-0.4, -0.2) is 11.6 Å². The van der Waals surface area contributed by atoms with Gasteiger partial charge < -0.3 is 9.88 Å². The first-order valence-electron chi connectivity index (χ1n) is 5.48. The summed E-state index contributed by atoms with van der Waals surface area (Å²) in [7, 11) is 4.05. The summed E-state index contributed by atoms with van der Waals surface area (Å²) in [5, 5.41) is 5.34. The summed E-state index contributed by atoms with van der Waals surface area (Å²) in [5.74, 6) is 0. The van der Waals surface area contributed by atoms with Gasteiger partial charge in [-0.05, 0) is 32.5 Å². The fraction of sp³-hybridized carbons (Fsp3) is 0.385. The Balaban J connectivity index is 2.82. The molecule has 0 saturated carbocycles. The van der Waals surface area contributed by atoms with E-state index in [0.29, 0.717) is 6.04 Å². The molecule has 2 nitrogen and oxygen atoms in total. The number of benzene rings is 1. The van der Waals surface area contributed by atoms with Crippen molar-refractivity contribution in [3.05, 3.63) is 34.5 Å². The SMILES string of the molecule is CNC(C)c1c(C)c2cccc(Cl)c2n1C. The minimum Gasteiger partial charge on any atom is -0.345 e. The van der Waals surface area contributed by atoms with Crippen molar-refractivity contribution >= 4 is 22.5 Å². The summed E-state index contributed by atoms with van der Waals surface area (Å²) in [4.78, 5) is 0. The quantitative estimate of drug-likeness (QED) is 0.846. The van der Waals surface area contributed by atoms with Crippen LogP contribution in [0.25, 0.3) is 10.9 Å². The zero-order valence-corrected chi connectivity index (χ0v) is 10.9. The van der Waals surface area contributed by atoms with Crippen molar-refractivity contribution in [3.63, 3.8) is 0 Å². The summed E-state index contributed by atoms with van der Waals surface area (Å²) in [5.41, 5.74) is 3.73. The van der Waals surface area contributed by atoms with Gasteiger partial charge in [-0.1, -0.05) is 23.7 Å². The van der Waals surface area contributed by atoms with Gasteiger partial charge in [-0.25, -0.2) is 0 Å². The monoisotopic (exact) mass is 236 g/mol. The van der Waals surface area contributed by atoms with E-state index in [1.165, 1.54) is 16.6 Å². The van der Waals surface area contributed by atoms with Crippen LogP contribution in [-0.2, 0) is 7.05 Å². The van der Waals surface area contributed by atoms with Crippen LogP contribution < -0.4 is 5.32 Å². The molecule has 1 N–H and O–H groups in total. The van der Waals surface area contributed by atoms with Gasteiger partial charge in [0.25, 0.3) is 0 Å². The van der Waals surface area contributed by atoms with Crippen molar-refractivity contribution in [3.8, 4) is 0 Å². The second-order valence-corrected chi connectivity index (χ2v) is 4.62. The molecule has 0 bridgehead atoms. The molecule has 0 spiro atoms. The number of aryl methyl sites for hydroxylation is 2. The number of aromatic nitrogens is 1. The first-order valence-corrected chi connectivity index (χ1v) is 5.86. The van der Waals surface area contributed by atoms with Gasteiger partial charge in [0.15, 0.2) is 0 Å². The molecule has 0 fully saturated rings. The molecule has 3 heteroatoms. The summed E-state index contributed by atoms with van der Waals surface area (Å²) in [6, 6.07) is 6.40. The largest absolute Gasteiger partial charge is 0.345 e. The van der Waals surface area contributed by atoms with Gasteiger partial charge >= 0.3 is 0 Å². The molecular formula is C13H17ClN2. The zero-order chi connectivity index (χ0) is 11.9. The third kappa shape index (κ3) is 1.53. The molecule has 86 valence electrons. The number of hydrogen-bond donors (Lipinski definition) is 1. The zero-order valence-electron chi connectivity index (χ0n) is 10.1. The Kier molecular flexibility index (Phi) is 2.96. The Bertz CT molecular complexity index is 528. The van der Waals surface area contributed by atoms with Crippen molar-refractivity contribution in [1.82, 2.24) is 9.88 Å². The standard InChI is InChI=1S/C13H17ClN2/c1-8-10-6-5-7-11(14)13(10)16(4)12(8)9(2)15-3/h5-7,9,15H,1-4H3. The molecule has 1 unspecified atom stereocenters. The van der Waals surface area contributed by atoms with E-state index < -0.39 is 0 Å². The summed E-state index contributed by atoms with van der Waals surface area (Å²) in [6.07, 6.45) is 0. The highest BCUT2D eigenvalue weighted by molar-refractivity contribution is 6.35. The van der Waals surface area contributed by atoms with E-state index in [1.54, 1.807) is 0 Å². The maximum absolute atomic E-state index is 6.25. The van der Waals surface area contributed by atoms with Crippen LogP contribution in [0.1, 0.15) is 24.2 Å². The summed E-state index contributed by atoms with van der Waals surface area (Å²) < 4.78 is 2.19. The van der Waals surface area contributed by atoms with Gasteiger partial charge in [0, 0.05) is 24.2 Å². The Morgan fingerprint density at radius 3 is 2.62 bits per heavy atom. The van der Waals surface area contributed by atoms with Crippen molar-refractivity contribution < 1.29 is 0 Å². The lowest BCUT2D eigenvalue weighted by atomic mass is 10.1. The molecule has 0 aliphatic heterocycles. The number of para-hydroxylation sites is 1. The van der Waals surface area contributed by atoms with Gasteiger partial charge in [0.05, 0.1) is 10.5 Å². The van der Waals surface area contributed by atoms with Crippen molar-refractivity contribution in [1.29, 1.82) is 0 Å². The van der Waals surface area contributed by atoms with E-state index in [0.717, 1.165) is 10.5 Å². The second-order valence-electron chi connectivity index (χ2n) is 4.22. The van der Waals surface area contributed by atoms with E-state index in [-0.39, 0.29) is 0 Å². The number of nitrogens with one attached hydrogen (secondary N) is 1. The molecule has 0 aliphatic carbocycles. The molecule has 16 heavy (non-hydrogen) atoms. The van der Waals surface area contributed by atoms with Crippen LogP contribution in [0, 0.1) is 6.92 Å². The van der Waals surface area contributed by atoms with Gasteiger partial charge in [-0.3, -0.25) is 0 Å². The lowest BCUT2D eigenvalue weighted by Crippen LogP contribution is -2.16. The fourth-order valence-corrected chi connectivity index (χ4v) is 2.72. The van der Waals surface area contributed by atoms with Crippen molar-refractivity contribution in [2.24, 2.45) is 7.05 Å². The van der Waals surface area contributed by atoms with Crippen molar-refractivity contribution in [2.45, 2.75) is 19.9 Å². The van der Waals surface area contributed by atoms with E-state index in [9.17, 15) is 0 Å². The predicted octanol–water partition coefficient (Wildman–Crippen LogP) is 3.42. The van der Waals surface area contributed by atoms with Gasteiger partial charge in [-0.15, -0.1) is 0 Å². The summed E-state index contributed by atoms with van der Waals surface area (Å²) >= 11 is 6.25. The Morgan fingerprint density at radius 2 is 2.06 bits per heavy atom. The Hall–Kier alpha value is -0.990. The third-order valence-electron chi connectivity index (χ3n) is 3.31. The maximum atomic E-state index is 6.25. The van der Waals surface area contributed by atoms with Crippen LogP contribution in [0.3, 0.4) is 0 Å². The van der Waals surface area contributed by atoms with E-state index >= 15 is 0 Å². The predicted molar refractivity (Wildman–Crippen MR) is 70.1 cm³/mol. The number of nitrogens with zero attached hydrogens (tertiary/aromatic N) is 1. The van der Waals surface area contributed by atoms with Crippen LogP contribution in [0.4, 0.5) is 0 Å². The van der Waals surface area contributed by atoms with Crippen LogP contribution >= 0.6 is 11.6 Å². The third-order valence-corrected chi connectivity index (χ3v) is 3.62. The normalized spacial score (nSPS) is 13.3. The fourth-order valence-electron chi connectivity index (χ4n) is 2.42. The van der Waals surface area contributed by atoms with Crippen LogP contribution in [0.15, 0.2) is 18.2 Å². The lowest BCUT2D eigenvalue weighted by Gasteiger charge is -2.13. The minimum atomic E-state index is 0.327. The van der Waals surface area contributed by atoms with Crippen molar-refractivity contribution in [2.75, 3.05) is 7.05 Å². The number of fused-ring (bicyclic) bond motifs is 1. The molecule has 0 saturated heterocycles. The Labute approximate surface area is 101 Å². The number of rotatable bonds is 2. The van der Waals surface area contributed by atoms with Gasteiger partial charge in [0.1, 0.15) is 0 Å². The molecule has 0 radical (unpaired) electrons. The molecule has 2 aromatic rings. The van der Waals surface area contributed by atoms with Crippen LogP contribution in [0.2, 0.25) is 5.02 Å². The van der Waals surface area contributed by atoms with Gasteiger partial charge in [0.2, 0.25) is 0 Å². The highest BCUT2D eigenvalue weighted by atomic mass is 35.5.